The minimum absolute atomic E-state index is 0. The fourth-order valence-electron chi connectivity index (χ4n) is 2.64. The smallest absolute Gasteiger partial charge is 0.128 e. The predicted octanol–water partition coefficient (Wildman–Crippen LogP) is 2.13. The lowest BCUT2D eigenvalue weighted by Gasteiger charge is -2.32. The van der Waals surface area contributed by atoms with E-state index in [-0.39, 0.29) is 12.4 Å². The standard InChI is InChI=1S/C15H26N4.ClH/c1-3-18(2)15-7-6-14(10-17-15)12-19-8-4-5-13(9-16)11-19;/h6-7,10,13H,3-5,8-9,11-12,16H2,1-2H3;1H. The number of nitrogens with two attached hydrogens (primary N) is 1. The summed E-state index contributed by atoms with van der Waals surface area (Å²) in [6.07, 6.45) is 4.56. The highest BCUT2D eigenvalue weighted by Crippen LogP contribution is 2.18. The van der Waals surface area contributed by atoms with Crippen LogP contribution in [0, 0.1) is 5.92 Å². The van der Waals surface area contributed by atoms with Gasteiger partial charge in [-0.25, -0.2) is 4.98 Å². The van der Waals surface area contributed by atoms with Gasteiger partial charge in [-0.2, -0.15) is 0 Å². The number of nitrogens with zero attached hydrogens (tertiary/aromatic N) is 3. The summed E-state index contributed by atoms with van der Waals surface area (Å²) in [7, 11) is 2.07. The lowest BCUT2D eigenvalue weighted by atomic mass is 9.98. The van der Waals surface area contributed by atoms with Crippen LogP contribution < -0.4 is 10.6 Å². The molecule has 4 nitrogen and oxygen atoms in total. The van der Waals surface area contributed by atoms with Gasteiger partial charge < -0.3 is 10.6 Å². The van der Waals surface area contributed by atoms with Crippen molar-refractivity contribution in [2.24, 2.45) is 11.7 Å². The maximum atomic E-state index is 5.78. The molecule has 0 saturated carbocycles. The zero-order valence-corrected chi connectivity index (χ0v) is 13.4. The fraction of sp³-hybridized carbons (Fsp3) is 0.667. The van der Waals surface area contributed by atoms with Crippen LogP contribution in [0.5, 0.6) is 0 Å². The Kier molecular flexibility index (Phi) is 7.27. The summed E-state index contributed by atoms with van der Waals surface area (Å²) in [4.78, 5) is 9.18. The molecule has 114 valence electrons. The zero-order chi connectivity index (χ0) is 13.7. The lowest BCUT2D eigenvalue weighted by Crippen LogP contribution is -2.37. The number of likely N-dealkylation sites (tertiary alicyclic amines) is 1. The van der Waals surface area contributed by atoms with Crippen molar-refractivity contribution in [1.82, 2.24) is 9.88 Å². The number of pyridine rings is 1. The monoisotopic (exact) mass is 298 g/mol. The molecular weight excluding hydrogens is 272 g/mol. The van der Waals surface area contributed by atoms with E-state index in [4.69, 9.17) is 5.73 Å². The van der Waals surface area contributed by atoms with E-state index in [2.05, 4.69) is 40.9 Å². The number of hydrogen-bond donors (Lipinski definition) is 1. The molecule has 20 heavy (non-hydrogen) atoms. The van der Waals surface area contributed by atoms with Crippen LogP contribution in [0.25, 0.3) is 0 Å². The zero-order valence-electron chi connectivity index (χ0n) is 12.6. The Morgan fingerprint density at radius 1 is 1.45 bits per heavy atom. The van der Waals surface area contributed by atoms with Crippen LogP contribution in [-0.4, -0.2) is 43.1 Å². The summed E-state index contributed by atoms with van der Waals surface area (Å²) in [5.41, 5.74) is 7.08. The van der Waals surface area contributed by atoms with Gasteiger partial charge in [-0.3, -0.25) is 4.90 Å². The summed E-state index contributed by atoms with van der Waals surface area (Å²) < 4.78 is 0. The number of rotatable bonds is 5. The van der Waals surface area contributed by atoms with Gasteiger partial charge in [0.2, 0.25) is 0 Å². The first kappa shape index (κ1) is 17.2. The van der Waals surface area contributed by atoms with Crippen LogP contribution in [0.4, 0.5) is 5.82 Å². The summed E-state index contributed by atoms with van der Waals surface area (Å²) in [6, 6.07) is 4.31. The van der Waals surface area contributed by atoms with Crippen molar-refractivity contribution in [3.63, 3.8) is 0 Å². The first-order valence-corrected chi connectivity index (χ1v) is 7.31. The third-order valence-corrected chi connectivity index (χ3v) is 4.02. The Morgan fingerprint density at radius 3 is 2.85 bits per heavy atom. The SMILES string of the molecule is CCN(C)c1ccc(CN2CCCC(CN)C2)cn1.Cl. The van der Waals surface area contributed by atoms with Crippen LogP contribution in [0.1, 0.15) is 25.3 Å². The second-order valence-electron chi connectivity index (χ2n) is 5.52. The molecule has 1 aromatic heterocycles. The maximum Gasteiger partial charge on any atom is 0.128 e. The van der Waals surface area contributed by atoms with E-state index in [9.17, 15) is 0 Å². The average Bonchev–Trinajstić information content (AvgIpc) is 2.47. The summed E-state index contributed by atoms with van der Waals surface area (Å²) in [5.74, 6) is 1.72. The number of piperidine rings is 1. The highest BCUT2D eigenvalue weighted by molar-refractivity contribution is 5.85. The van der Waals surface area contributed by atoms with Crippen LogP contribution in [0.2, 0.25) is 0 Å². The van der Waals surface area contributed by atoms with Crippen molar-refractivity contribution in [3.8, 4) is 0 Å². The Balaban J connectivity index is 0.00000200. The molecule has 2 heterocycles. The van der Waals surface area contributed by atoms with E-state index in [1.807, 2.05) is 6.20 Å². The average molecular weight is 299 g/mol. The number of anilines is 1. The van der Waals surface area contributed by atoms with Crippen LogP contribution in [0.15, 0.2) is 18.3 Å². The normalized spacial score (nSPS) is 19.4. The van der Waals surface area contributed by atoms with Crippen LogP contribution in [-0.2, 0) is 6.54 Å². The second-order valence-corrected chi connectivity index (χ2v) is 5.52. The molecule has 1 atom stereocenters. The molecule has 1 aliphatic heterocycles. The van der Waals surface area contributed by atoms with Crippen molar-refractivity contribution < 1.29 is 0 Å². The van der Waals surface area contributed by atoms with Gasteiger partial charge in [-0.05, 0) is 50.4 Å². The number of aromatic nitrogens is 1. The molecule has 0 radical (unpaired) electrons. The summed E-state index contributed by atoms with van der Waals surface area (Å²) in [5, 5.41) is 0. The predicted molar refractivity (Wildman–Crippen MR) is 87.5 cm³/mol. The molecular formula is C15H27ClN4. The van der Waals surface area contributed by atoms with E-state index in [1.54, 1.807) is 0 Å². The van der Waals surface area contributed by atoms with Gasteiger partial charge in [0.05, 0.1) is 0 Å². The third-order valence-electron chi connectivity index (χ3n) is 4.02. The quantitative estimate of drug-likeness (QED) is 0.904. The molecule has 0 amide bonds. The van der Waals surface area contributed by atoms with E-state index in [1.165, 1.54) is 24.9 Å². The molecule has 2 rings (SSSR count). The molecule has 1 aliphatic rings. The minimum atomic E-state index is 0. The van der Waals surface area contributed by atoms with E-state index in [0.717, 1.165) is 32.0 Å². The molecule has 1 aromatic rings. The van der Waals surface area contributed by atoms with Gasteiger partial charge in [0.15, 0.2) is 0 Å². The first-order valence-electron chi connectivity index (χ1n) is 7.31. The number of halogens is 1. The fourth-order valence-corrected chi connectivity index (χ4v) is 2.64. The number of hydrogen-bond acceptors (Lipinski definition) is 4. The van der Waals surface area contributed by atoms with Gasteiger partial charge in [-0.1, -0.05) is 6.07 Å². The molecule has 1 fully saturated rings. The largest absolute Gasteiger partial charge is 0.360 e. The molecule has 1 saturated heterocycles. The van der Waals surface area contributed by atoms with Crippen molar-refractivity contribution >= 4 is 18.2 Å². The van der Waals surface area contributed by atoms with Gasteiger partial charge >= 0.3 is 0 Å². The third kappa shape index (κ3) is 4.62. The summed E-state index contributed by atoms with van der Waals surface area (Å²) >= 11 is 0. The van der Waals surface area contributed by atoms with Gasteiger partial charge in [0, 0.05) is 32.9 Å². The molecule has 0 bridgehead atoms. The van der Waals surface area contributed by atoms with E-state index in [0.29, 0.717) is 5.92 Å². The maximum absolute atomic E-state index is 5.78. The van der Waals surface area contributed by atoms with Gasteiger partial charge in [0.25, 0.3) is 0 Å². The topological polar surface area (TPSA) is 45.4 Å². The Labute approximate surface area is 128 Å². The molecule has 0 aromatic carbocycles. The Bertz CT molecular complexity index is 382. The lowest BCUT2D eigenvalue weighted by molar-refractivity contribution is 0.171. The van der Waals surface area contributed by atoms with Crippen molar-refractivity contribution in [2.75, 3.05) is 38.1 Å². The molecule has 0 spiro atoms. The second kappa shape index (κ2) is 8.45. The highest BCUT2D eigenvalue weighted by Gasteiger charge is 2.18. The van der Waals surface area contributed by atoms with E-state index < -0.39 is 0 Å². The summed E-state index contributed by atoms with van der Waals surface area (Å²) in [6.45, 7) is 7.25. The van der Waals surface area contributed by atoms with Crippen molar-refractivity contribution in [1.29, 1.82) is 0 Å². The van der Waals surface area contributed by atoms with Crippen molar-refractivity contribution in [3.05, 3.63) is 23.9 Å². The van der Waals surface area contributed by atoms with Crippen molar-refractivity contribution in [2.45, 2.75) is 26.3 Å². The van der Waals surface area contributed by atoms with Gasteiger partial charge in [-0.15, -0.1) is 12.4 Å². The molecule has 5 heteroatoms. The van der Waals surface area contributed by atoms with Gasteiger partial charge in [0.1, 0.15) is 5.82 Å². The molecule has 1 unspecified atom stereocenters. The Morgan fingerprint density at radius 2 is 2.25 bits per heavy atom. The first-order chi connectivity index (χ1) is 9.22. The molecule has 0 aliphatic carbocycles. The molecule has 2 N–H and O–H groups in total. The highest BCUT2D eigenvalue weighted by atomic mass is 35.5. The Hall–Kier alpha value is -0.840. The van der Waals surface area contributed by atoms with E-state index >= 15 is 0 Å². The van der Waals surface area contributed by atoms with Crippen LogP contribution >= 0.6 is 12.4 Å². The minimum Gasteiger partial charge on any atom is -0.360 e. The van der Waals surface area contributed by atoms with Crippen LogP contribution in [0.3, 0.4) is 0 Å².